The van der Waals surface area contributed by atoms with Gasteiger partial charge in [0, 0.05) is 12.7 Å². The van der Waals surface area contributed by atoms with Gasteiger partial charge in [-0.05, 0) is 24.3 Å². The van der Waals surface area contributed by atoms with Gasteiger partial charge in [0.2, 0.25) is 0 Å². The first-order valence-corrected chi connectivity index (χ1v) is 5.63. The first kappa shape index (κ1) is 12.0. The van der Waals surface area contributed by atoms with Gasteiger partial charge in [0.15, 0.2) is 0 Å². The van der Waals surface area contributed by atoms with Crippen molar-refractivity contribution in [3.05, 3.63) is 60.2 Å². The zero-order valence-corrected chi connectivity index (χ0v) is 10.1. The number of carbonyl (C=O) groups is 1. The maximum absolute atomic E-state index is 12.2. The minimum atomic E-state index is -0.169. The highest BCUT2D eigenvalue weighted by Gasteiger charge is 2.13. The Morgan fingerprint density at radius 1 is 1.06 bits per heavy atom. The lowest BCUT2D eigenvalue weighted by Gasteiger charge is -2.20. The number of rotatable bonds is 3. The molecule has 0 bridgehead atoms. The summed E-state index contributed by atoms with van der Waals surface area (Å²) >= 11 is 0. The number of carbonyl (C=O) groups excluding carboxylic acids is 1. The number of nitrogen functional groups attached to an aromatic ring is 1. The molecule has 3 N–H and O–H groups in total. The van der Waals surface area contributed by atoms with Crippen LogP contribution in [0.5, 0.6) is 0 Å². The molecule has 18 heavy (non-hydrogen) atoms. The molecule has 4 nitrogen and oxygen atoms in total. The molecule has 0 aliphatic heterocycles. The van der Waals surface area contributed by atoms with Gasteiger partial charge >= 0.3 is 0 Å². The van der Waals surface area contributed by atoms with Gasteiger partial charge in [-0.1, -0.05) is 30.3 Å². The molecule has 2 aromatic carbocycles. The molecule has 4 heteroatoms. The van der Waals surface area contributed by atoms with E-state index in [0.29, 0.717) is 11.3 Å². The van der Waals surface area contributed by atoms with Gasteiger partial charge in [0.25, 0.3) is 5.91 Å². The lowest BCUT2D eigenvalue weighted by molar-refractivity contribution is 0.0827. The lowest BCUT2D eigenvalue weighted by atomic mass is 10.1. The Labute approximate surface area is 106 Å². The molecular weight excluding hydrogens is 226 g/mol. The molecule has 0 saturated carbocycles. The zero-order valence-electron chi connectivity index (χ0n) is 10.1. The lowest BCUT2D eigenvalue weighted by Crippen LogP contribution is -2.32. The summed E-state index contributed by atoms with van der Waals surface area (Å²) in [4.78, 5) is 12.2. The Kier molecular flexibility index (Phi) is 3.48. The van der Waals surface area contributed by atoms with Crippen LogP contribution in [-0.4, -0.2) is 18.0 Å². The third-order valence-corrected chi connectivity index (χ3v) is 2.57. The van der Waals surface area contributed by atoms with Crippen LogP contribution in [0.15, 0.2) is 54.6 Å². The van der Waals surface area contributed by atoms with Crippen molar-refractivity contribution in [1.29, 1.82) is 0 Å². The van der Waals surface area contributed by atoms with E-state index in [1.165, 1.54) is 5.01 Å². The summed E-state index contributed by atoms with van der Waals surface area (Å²) in [5.74, 6) is -0.169. The van der Waals surface area contributed by atoms with Gasteiger partial charge < -0.3 is 5.73 Å². The van der Waals surface area contributed by atoms with Gasteiger partial charge in [-0.2, -0.15) is 0 Å². The molecule has 0 unspecified atom stereocenters. The molecular formula is C14H15N3O. The second-order valence-corrected chi connectivity index (χ2v) is 3.93. The maximum Gasteiger partial charge on any atom is 0.274 e. The summed E-state index contributed by atoms with van der Waals surface area (Å²) in [5, 5.41) is 1.42. The molecule has 0 aliphatic carbocycles. The van der Waals surface area contributed by atoms with Crippen LogP contribution >= 0.6 is 0 Å². The molecule has 0 atom stereocenters. The summed E-state index contributed by atoms with van der Waals surface area (Å²) < 4.78 is 0. The van der Waals surface area contributed by atoms with Crippen LogP contribution in [0.2, 0.25) is 0 Å². The summed E-state index contributed by atoms with van der Waals surface area (Å²) in [6.45, 7) is 0. The van der Waals surface area contributed by atoms with Gasteiger partial charge in [-0.15, -0.1) is 0 Å². The summed E-state index contributed by atoms with van der Waals surface area (Å²) in [6, 6.07) is 16.5. The molecule has 0 heterocycles. The number of para-hydroxylation sites is 2. The second kappa shape index (κ2) is 5.23. The molecule has 0 aromatic heterocycles. The number of anilines is 2. The number of amides is 1. The van der Waals surface area contributed by atoms with E-state index < -0.39 is 0 Å². The number of nitrogens with zero attached hydrogens (tertiary/aromatic N) is 1. The summed E-state index contributed by atoms with van der Waals surface area (Å²) in [6.07, 6.45) is 0. The van der Waals surface area contributed by atoms with Crippen LogP contribution in [0.4, 0.5) is 11.4 Å². The van der Waals surface area contributed by atoms with E-state index in [4.69, 9.17) is 5.73 Å². The zero-order chi connectivity index (χ0) is 13.0. The number of nitrogens with one attached hydrogen (secondary N) is 1. The molecule has 2 rings (SSSR count). The smallest absolute Gasteiger partial charge is 0.274 e. The van der Waals surface area contributed by atoms with E-state index in [1.54, 1.807) is 31.3 Å². The number of benzene rings is 2. The standard InChI is InChI=1S/C14H15N3O/c1-17(16-11-7-3-2-4-8-11)14(18)12-9-5-6-10-13(12)15/h2-10,16H,15H2,1H3. The molecule has 0 aliphatic rings. The van der Waals surface area contributed by atoms with Gasteiger partial charge in [-0.25, -0.2) is 0 Å². The fraction of sp³-hybridized carbons (Fsp3) is 0.0714. The molecule has 1 amide bonds. The van der Waals surface area contributed by atoms with Crippen molar-refractivity contribution in [2.75, 3.05) is 18.2 Å². The van der Waals surface area contributed by atoms with Crippen LogP contribution < -0.4 is 11.2 Å². The number of hydrogen-bond donors (Lipinski definition) is 2. The van der Waals surface area contributed by atoms with E-state index in [0.717, 1.165) is 5.69 Å². The molecule has 2 aromatic rings. The first-order valence-electron chi connectivity index (χ1n) is 5.63. The van der Waals surface area contributed by atoms with Gasteiger partial charge in [0.1, 0.15) is 0 Å². The molecule has 0 fully saturated rings. The van der Waals surface area contributed by atoms with Crippen molar-refractivity contribution >= 4 is 17.3 Å². The average Bonchev–Trinajstić information content (AvgIpc) is 2.39. The Morgan fingerprint density at radius 2 is 1.67 bits per heavy atom. The van der Waals surface area contributed by atoms with Crippen molar-refractivity contribution in [3.8, 4) is 0 Å². The molecule has 0 saturated heterocycles. The summed E-state index contributed by atoms with van der Waals surface area (Å²) in [7, 11) is 1.67. The number of nitrogens with two attached hydrogens (primary N) is 1. The highest BCUT2D eigenvalue weighted by molar-refractivity contribution is 5.99. The van der Waals surface area contributed by atoms with Crippen LogP contribution in [-0.2, 0) is 0 Å². The third-order valence-electron chi connectivity index (χ3n) is 2.57. The highest BCUT2D eigenvalue weighted by Crippen LogP contribution is 2.14. The fourth-order valence-corrected chi connectivity index (χ4v) is 1.63. The van der Waals surface area contributed by atoms with E-state index in [2.05, 4.69) is 5.43 Å². The number of hydrogen-bond acceptors (Lipinski definition) is 3. The van der Waals surface area contributed by atoms with Gasteiger partial charge in [-0.3, -0.25) is 15.2 Å². The Morgan fingerprint density at radius 3 is 2.33 bits per heavy atom. The Hall–Kier alpha value is -2.49. The minimum Gasteiger partial charge on any atom is -0.398 e. The van der Waals surface area contributed by atoms with E-state index >= 15 is 0 Å². The predicted octanol–water partition coefficient (Wildman–Crippen LogP) is 2.37. The van der Waals surface area contributed by atoms with Crippen molar-refractivity contribution < 1.29 is 4.79 Å². The van der Waals surface area contributed by atoms with Crippen LogP contribution in [0.3, 0.4) is 0 Å². The van der Waals surface area contributed by atoms with Crippen LogP contribution in [0, 0.1) is 0 Å². The maximum atomic E-state index is 12.2. The topological polar surface area (TPSA) is 58.4 Å². The normalized spacial score (nSPS) is 9.83. The number of hydrazine groups is 1. The minimum absolute atomic E-state index is 0.169. The van der Waals surface area contributed by atoms with Gasteiger partial charge in [0.05, 0.1) is 11.3 Å². The monoisotopic (exact) mass is 241 g/mol. The van der Waals surface area contributed by atoms with Crippen molar-refractivity contribution in [2.24, 2.45) is 0 Å². The average molecular weight is 241 g/mol. The quantitative estimate of drug-likeness (QED) is 0.640. The molecule has 92 valence electrons. The van der Waals surface area contributed by atoms with E-state index in [-0.39, 0.29) is 5.91 Å². The SMILES string of the molecule is CN(Nc1ccccc1)C(=O)c1ccccc1N. The summed E-state index contributed by atoms with van der Waals surface area (Å²) in [5.41, 5.74) is 10.6. The van der Waals surface area contributed by atoms with Crippen molar-refractivity contribution in [1.82, 2.24) is 5.01 Å². The predicted molar refractivity (Wildman–Crippen MR) is 73.0 cm³/mol. The van der Waals surface area contributed by atoms with E-state index in [1.807, 2.05) is 30.3 Å². The fourth-order valence-electron chi connectivity index (χ4n) is 1.63. The molecule has 0 radical (unpaired) electrons. The van der Waals surface area contributed by atoms with Crippen molar-refractivity contribution in [2.45, 2.75) is 0 Å². The van der Waals surface area contributed by atoms with E-state index in [9.17, 15) is 4.79 Å². The Bertz CT molecular complexity index is 540. The molecule has 0 spiro atoms. The largest absolute Gasteiger partial charge is 0.398 e. The third kappa shape index (κ3) is 2.60. The van der Waals surface area contributed by atoms with Crippen molar-refractivity contribution in [3.63, 3.8) is 0 Å². The first-order chi connectivity index (χ1) is 8.68. The second-order valence-electron chi connectivity index (χ2n) is 3.93. The van der Waals surface area contributed by atoms with Crippen LogP contribution in [0.25, 0.3) is 0 Å². The van der Waals surface area contributed by atoms with Crippen LogP contribution in [0.1, 0.15) is 10.4 Å². The highest BCUT2D eigenvalue weighted by atomic mass is 16.2. The Balaban J connectivity index is 2.13.